The number of methoxy groups -OCH3 is 1. The summed E-state index contributed by atoms with van der Waals surface area (Å²) < 4.78 is 32.6. The van der Waals surface area contributed by atoms with Gasteiger partial charge >= 0.3 is 6.09 Å². The van der Waals surface area contributed by atoms with Gasteiger partial charge in [-0.15, -0.1) is 22.7 Å². The molecular weight excluding hydrogens is 836 g/mol. The molecule has 0 spiro atoms. The monoisotopic (exact) mass is 892 g/mol. The Morgan fingerprint density at radius 2 is 1.77 bits per heavy atom. The number of anilines is 1. The lowest BCUT2D eigenvalue weighted by Crippen LogP contribution is -2.55. The van der Waals surface area contributed by atoms with E-state index in [1.54, 1.807) is 7.11 Å². The lowest BCUT2D eigenvalue weighted by atomic mass is 10.0. The molecule has 0 radical (unpaired) electrons. The number of carbonyl (C=O) groups excluding carboxylic acids is 3. The Morgan fingerprint density at radius 1 is 1.00 bits per heavy atom. The first-order valence-electron chi connectivity index (χ1n) is 21.7. The molecule has 2 saturated carbocycles. The van der Waals surface area contributed by atoms with Crippen LogP contribution in [0, 0.1) is 5.92 Å². The fourth-order valence-electron chi connectivity index (χ4n) is 9.23. The highest BCUT2D eigenvalue weighted by molar-refractivity contribution is 7.59. The molecule has 0 bridgehead atoms. The van der Waals surface area contributed by atoms with Crippen LogP contribution in [0.5, 0.6) is 11.5 Å². The number of carbonyl (C=O) groups is 3. The molecule has 3 amide bonds. The third-order valence-electron chi connectivity index (χ3n) is 12.5. The average molecular weight is 893 g/mol. The van der Waals surface area contributed by atoms with Crippen LogP contribution in [0.3, 0.4) is 0 Å². The van der Waals surface area contributed by atoms with Gasteiger partial charge in [-0.2, -0.15) is 0 Å². The van der Waals surface area contributed by atoms with E-state index in [-0.39, 0.29) is 37.2 Å². The first kappa shape index (κ1) is 43.4. The first-order chi connectivity index (χ1) is 29.4. The summed E-state index contributed by atoms with van der Waals surface area (Å²) in [5, 5.41) is 13.3. The lowest BCUT2D eigenvalue weighted by molar-refractivity contribution is -0.140. The van der Waals surface area contributed by atoms with Crippen molar-refractivity contribution in [3.8, 4) is 22.9 Å². The van der Waals surface area contributed by atoms with Gasteiger partial charge in [-0.05, 0) is 88.3 Å². The van der Waals surface area contributed by atoms with Crippen LogP contribution in [0.1, 0.15) is 102 Å². The second-order valence-electron chi connectivity index (χ2n) is 17.3. The molecule has 3 aromatic heterocycles. The summed E-state index contributed by atoms with van der Waals surface area (Å²) in [7, 11) is -2.37. The summed E-state index contributed by atoms with van der Waals surface area (Å²) in [6, 6.07) is 9.30. The summed E-state index contributed by atoms with van der Waals surface area (Å²) in [6.45, 7) is 4.14. The number of nitrogens with one attached hydrogen (secondary N) is 3. The number of amides is 3. The van der Waals surface area contributed by atoms with E-state index in [0.29, 0.717) is 53.1 Å². The van der Waals surface area contributed by atoms with Crippen molar-refractivity contribution >= 4 is 64.0 Å². The van der Waals surface area contributed by atoms with E-state index in [9.17, 15) is 23.8 Å². The SMILES string of the molecule is COc1ccc2c(O[C@@H]3C[C@H]4C(=O)N[C@]5(P(=O)(O)Cc6cccs6)C[C@@H]5CCCCCCC[C@H](NC(=O)OC5CCCC5)C(=O)N4C3)cc(-c3csc(NC(C)C)n3)nc2c1. The van der Waals surface area contributed by atoms with Crippen LogP contribution in [0.4, 0.5) is 9.93 Å². The maximum absolute atomic E-state index is 14.8. The number of ether oxygens (including phenoxy) is 3. The number of hydrogen-bond acceptors (Lipinski definition) is 12. The average Bonchev–Trinajstić information content (AvgIpc) is 3.86. The van der Waals surface area contributed by atoms with Crippen LogP contribution in [0.2, 0.25) is 0 Å². The second kappa shape index (κ2) is 18.6. The predicted molar refractivity (Wildman–Crippen MR) is 238 cm³/mol. The molecule has 4 aromatic rings. The van der Waals surface area contributed by atoms with Crippen LogP contribution < -0.4 is 25.4 Å². The normalized spacial score (nSPS) is 26.1. The van der Waals surface area contributed by atoms with Gasteiger partial charge in [0.05, 0.1) is 31.0 Å². The number of fused-ring (bicyclic) bond motifs is 3. The van der Waals surface area contributed by atoms with Crippen molar-refractivity contribution in [2.24, 2.45) is 5.92 Å². The Hall–Kier alpha value is -4.24. The second-order valence-corrected chi connectivity index (χ2v) is 21.7. The minimum absolute atomic E-state index is 0.0359. The number of thiazole rings is 1. The van der Waals surface area contributed by atoms with E-state index in [1.807, 2.05) is 61.0 Å². The third-order valence-corrected chi connectivity index (χ3v) is 17.0. The van der Waals surface area contributed by atoms with Gasteiger partial charge in [0.1, 0.15) is 46.8 Å². The molecule has 1 unspecified atom stereocenters. The van der Waals surface area contributed by atoms with Crippen LogP contribution >= 0.6 is 30.0 Å². The van der Waals surface area contributed by atoms with Crippen molar-refractivity contribution in [1.82, 2.24) is 25.5 Å². The van der Waals surface area contributed by atoms with Crippen molar-refractivity contribution in [3.05, 3.63) is 52.0 Å². The molecule has 6 atom stereocenters. The molecule has 5 heterocycles. The molecular formula is C44H57N6O8PS2. The maximum atomic E-state index is 14.8. The molecule has 4 fully saturated rings. The highest BCUT2D eigenvalue weighted by Crippen LogP contribution is 2.71. The Morgan fingerprint density at radius 3 is 2.52 bits per heavy atom. The lowest BCUT2D eigenvalue weighted by Gasteiger charge is -2.31. The molecule has 14 nitrogen and oxygen atoms in total. The molecule has 2 aliphatic heterocycles. The number of nitrogens with zero attached hydrogens (tertiary/aromatic N) is 3. The summed E-state index contributed by atoms with van der Waals surface area (Å²) in [4.78, 5) is 66.8. The Balaban J connectivity index is 1.12. The van der Waals surface area contributed by atoms with E-state index >= 15 is 0 Å². The smallest absolute Gasteiger partial charge is 0.408 e. The van der Waals surface area contributed by atoms with Crippen molar-refractivity contribution in [3.63, 3.8) is 0 Å². The summed E-state index contributed by atoms with van der Waals surface area (Å²) >= 11 is 2.90. The van der Waals surface area contributed by atoms with Crippen LogP contribution in [0.15, 0.2) is 47.2 Å². The van der Waals surface area contributed by atoms with E-state index in [4.69, 9.17) is 24.2 Å². The molecule has 4 aliphatic rings. The molecule has 17 heteroatoms. The molecule has 8 rings (SSSR count). The zero-order valence-electron chi connectivity index (χ0n) is 35.1. The molecule has 1 aromatic carbocycles. The van der Waals surface area contributed by atoms with Gasteiger partial charge in [-0.25, -0.2) is 14.8 Å². The van der Waals surface area contributed by atoms with E-state index in [1.165, 1.54) is 27.6 Å². The number of benzene rings is 1. The van der Waals surface area contributed by atoms with Gasteiger partial charge < -0.3 is 40.0 Å². The minimum atomic E-state index is -3.96. The Labute approximate surface area is 365 Å². The van der Waals surface area contributed by atoms with E-state index in [2.05, 4.69) is 16.0 Å². The number of hydrogen-bond donors (Lipinski definition) is 4. The van der Waals surface area contributed by atoms with Crippen LogP contribution in [-0.4, -0.2) is 86.9 Å². The number of aromatic nitrogens is 2. The van der Waals surface area contributed by atoms with Crippen molar-refractivity contribution in [2.45, 2.75) is 139 Å². The largest absolute Gasteiger partial charge is 0.497 e. The maximum Gasteiger partial charge on any atom is 0.408 e. The quantitative estimate of drug-likeness (QED) is 0.106. The predicted octanol–water partition coefficient (Wildman–Crippen LogP) is 8.68. The molecule has 2 saturated heterocycles. The zero-order chi connectivity index (χ0) is 42.7. The number of rotatable bonds is 11. The molecule has 61 heavy (non-hydrogen) atoms. The van der Waals surface area contributed by atoms with Gasteiger partial charge in [0.25, 0.3) is 0 Å². The minimum Gasteiger partial charge on any atom is -0.497 e. The van der Waals surface area contributed by atoms with Crippen molar-refractivity contribution < 1.29 is 38.1 Å². The summed E-state index contributed by atoms with van der Waals surface area (Å²) in [5.74, 6) is 0.0565. The number of pyridine rings is 1. The molecule has 2 aliphatic carbocycles. The number of alkyl carbamates (subject to hydrolysis) is 1. The molecule has 328 valence electrons. The zero-order valence-corrected chi connectivity index (χ0v) is 37.6. The van der Waals surface area contributed by atoms with E-state index < -0.39 is 48.7 Å². The fraction of sp³-hybridized carbons (Fsp3) is 0.568. The van der Waals surface area contributed by atoms with E-state index in [0.717, 1.165) is 67.8 Å². The highest BCUT2D eigenvalue weighted by Gasteiger charge is 2.66. The Bertz CT molecular complexity index is 2250. The topological polar surface area (TPSA) is 181 Å². The van der Waals surface area contributed by atoms with Crippen molar-refractivity contribution in [2.75, 3.05) is 19.0 Å². The summed E-state index contributed by atoms with van der Waals surface area (Å²) in [5.41, 5.74) is 1.87. The number of thiophene rings is 1. The highest BCUT2D eigenvalue weighted by atomic mass is 32.1. The van der Waals surface area contributed by atoms with Crippen LogP contribution in [0.25, 0.3) is 22.3 Å². The van der Waals surface area contributed by atoms with Gasteiger partial charge in [0, 0.05) is 40.2 Å². The standard InChI is InChI=1S/C44H57N6O8PS2/c1-27(2)45-42-47-37(26-61-42)36-22-39(33-18-17-30(56-3)20-35(33)46-36)57-31-21-38-40(51)49-44(59(54,55)25-32-15-11-19-60-32)23-28(44)12-7-5-4-6-8-16-34(41(52)50(38)24-31)48-43(53)58-29-13-9-10-14-29/h11,15,17-20,22,26-29,31,34,38H,4-10,12-14,16,21,23-25H2,1-3H3,(H,45,47)(H,48,53)(H,49,51)(H,54,55)/t28-,31+,34-,38-,44-/m0/s1. The van der Waals surface area contributed by atoms with Gasteiger partial charge in [0.2, 0.25) is 19.2 Å². The van der Waals surface area contributed by atoms with Gasteiger partial charge in [-0.1, -0.05) is 38.2 Å². The van der Waals surface area contributed by atoms with Crippen LogP contribution in [-0.2, 0) is 25.1 Å². The van der Waals surface area contributed by atoms with Gasteiger partial charge in [0.15, 0.2) is 5.13 Å². The first-order valence-corrected chi connectivity index (χ1v) is 25.3. The van der Waals surface area contributed by atoms with Gasteiger partial charge in [-0.3, -0.25) is 14.2 Å². The third kappa shape index (κ3) is 9.87. The fourth-order valence-corrected chi connectivity index (χ4v) is 13.7. The molecule has 4 N–H and O–H groups in total. The van der Waals surface area contributed by atoms with Crippen molar-refractivity contribution in [1.29, 1.82) is 0 Å². The summed E-state index contributed by atoms with van der Waals surface area (Å²) in [6.07, 6.45) is 7.96. The Kier molecular flexibility index (Phi) is 13.3.